The van der Waals surface area contributed by atoms with Gasteiger partial charge in [0, 0.05) is 0 Å². The number of anilines is 1. The van der Waals surface area contributed by atoms with Crippen LogP contribution in [0.25, 0.3) is 0 Å². The van der Waals surface area contributed by atoms with Crippen molar-refractivity contribution in [2.75, 3.05) is 17.3 Å². The lowest BCUT2D eigenvalue weighted by molar-refractivity contribution is 0.141. The smallest absolute Gasteiger partial charge is 0.268 e. The number of fused-ring (bicyclic) bond motifs is 1. The molecule has 16 heavy (non-hydrogen) atoms. The maximum absolute atomic E-state index is 11.3. The Morgan fingerprint density at radius 1 is 1.50 bits per heavy atom. The van der Waals surface area contributed by atoms with Crippen LogP contribution in [0.5, 0.6) is 5.75 Å². The Labute approximate surface area is 93.4 Å². The fourth-order valence-electron chi connectivity index (χ4n) is 1.45. The Morgan fingerprint density at radius 3 is 3.06 bits per heavy atom. The van der Waals surface area contributed by atoms with E-state index in [9.17, 15) is 8.42 Å². The van der Waals surface area contributed by atoms with Gasteiger partial charge in [-0.25, -0.2) is 14.3 Å². The molecule has 6 nitrogen and oxygen atoms in total. The van der Waals surface area contributed by atoms with E-state index in [4.69, 9.17) is 10.6 Å². The van der Waals surface area contributed by atoms with Crippen LogP contribution < -0.4 is 15.4 Å². The first-order chi connectivity index (χ1) is 7.61. The quantitative estimate of drug-likeness (QED) is 0.742. The Bertz CT molecular complexity index is 486. The zero-order chi connectivity index (χ0) is 11.6. The van der Waals surface area contributed by atoms with Gasteiger partial charge in [-0.15, -0.1) is 0 Å². The van der Waals surface area contributed by atoms with Gasteiger partial charge in [0.25, 0.3) is 10.0 Å². The van der Waals surface area contributed by atoms with Gasteiger partial charge in [0.05, 0.1) is 12.3 Å². The van der Waals surface area contributed by atoms with E-state index in [2.05, 4.69) is 9.56 Å². The molecule has 7 heteroatoms. The van der Waals surface area contributed by atoms with Crippen LogP contribution >= 0.6 is 0 Å². The number of ether oxygens (including phenoxy) is 1. The lowest BCUT2D eigenvalue weighted by Gasteiger charge is -2.19. The number of sulfonamides is 1. The second-order valence-corrected chi connectivity index (χ2v) is 5.10. The van der Waals surface area contributed by atoms with E-state index in [-0.39, 0.29) is 5.94 Å². The van der Waals surface area contributed by atoms with E-state index in [0.717, 1.165) is 5.56 Å². The molecule has 0 saturated heterocycles. The molecule has 0 aromatic heterocycles. The molecule has 3 N–H and O–H groups in total. The molecule has 1 heterocycles. The van der Waals surface area contributed by atoms with Crippen molar-refractivity contribution in [3.8, 4) is 5.75 Å². The first-order valence-corrected chi connectivity index (χ1v) is 6.34. The average molecular weight is 244 g/mol. The molecule has 1 aromatic rings. The van der Waals surface area contributed by atoms with Gasteiger partial charge in [0.1, 0.15) is 5.75 Å². The van der Waals surface area contributed by atoms with Crippen molar-refractivity contribution < 1.29 is 18.0 Å². The second-order valence-electron chi connectivity index (χ2n) is 3.43. The van der Waals surface area contributed by atoms with Gasteiger partial charge in [-0.1, -0.05) is 6.07 Å². The summed E-state index contributed by atoms with van der Waals surface area (Å²) in [6.07, 6.45) is 0.617. The monoisotopic (exact) mass is 244 g/mol. The molecule has 0 unspecified atom stereocenters. The van der Waals surface area contributed by atoms with Crippen molar-refractivity contribution in [3.05, 3.63) is 23.8 Å². The van der Waals surface area contributed by atoms with Gasteiger partial charge in [-0.2, -0.15) is 0 Å². The number of hydrogen-bond donors (Lipinski definition) is 2. The molecule has 0 fully saturated rings. The van der Waals surface area contributed by atoms with Crippen LogP contribution in [0.15, 0.2) is 18.2 Å². The minimum Gasteiger partial charge on any atom is -0.474 e. The summed E-state index contributed by atoms with van der Waals surface area (Å²) in [5.41, 5.74) is 1.39. The van der Waals surface area contributed by atoms with Gasteiger partial charge in [0.2, 0.25) is 5.94 Å². The van der Waals surface area contributed by atoms with E-state index < -0.39 is 10.0 Å². The summed E-state index contributed by atoms with van der Waals surface area (Å²) in [5, 5.41) is 0. The van der Waals surface area contributed by atoms with Crippen LogP contribution in [0, 0.1) is 0 Å². The van der Waals surface area contributed by atoms with E-state index in [1.54, 1.807) is 12.1 Å². The second kappa shape index (κ2) is 4.28. The van der Waals surface area contributed by atoms with Crippen LogP contribution in [0.4, 0.5) is 5.69 Å². The largest absolute Gasteiger partial charge is 0.474 e. The summed E-state index contributed by atoms with van der Waals surface area (Å²) in [7, 11) is -3.36. The van der Waals surface area contributed by atoms with Crippen LogP contribution in [0.2, 0.25) is 0 Å². The van der Waals surface area contributed by atoms with Gasteiger partial charge in [-0.3, -0.25) is 4.72 Å². The van der Waals surface area contributed by atoms with Crippen LogP contribution in [0.3, 0.4) is 0 Å². The summed E-state index contributed by atoms with van der Waals surface area (Å²) in [5.74, 6) is 5.11. The molecule has 1 aliphatic heterocycles. The topological polar surface area (TPSA) is 90.6 Å². The van der Waals surface area contributed by atoms with Gasteiger partial charge in [-0.05, 0) is 24.1 Å². The van der Waals surface area contributed by atoms with Crippen molar-refractivity contribution >= 4 is 15.7 Å². The third-order valence-corrected chi connectivity index (χ3v) is 3.15. The number of nitrogens with two attached hydrogens (primary N) is 1. The molecule has 1 aromatic carbocycles. The highest BCUT2D eigenvalue weighted by atomic mass is 32.2. The van der Waals surface area contributed by atoms with E-state index in [0.29, 0.717) is 24.5 Å². The molecule has 2 rings (SSSR count). The fourth-order valence-corrected chi connectivity index (χ4v) is 2.29. The van der Waals surface area contributed by atoms with Gasteiger partial charge >= 0.3 is 0 Å². The number of hydrogen-bond acceptors (Lipinski definition) is 5. The van der Waals surface area contributed by atoms with Gasteiger partial charge < -0.3 is 9.57 Å². The Balaban J connectivity index is 2.24. The lowest BCUT2D eigenvalue weighted by atomic mass is 10.1. The highest BCUT2D eigenvalue weighted by Gasteiger charge is 2.21. The van der Waals surface area contributed by atoms with Crippen LogP contribution in [-0.4, -0.2) is 21.0 Å². The summed E-state index contributed by atoms with van der Waals surface area (Å²) in [6, 6.07) is 5.28. The van der Waals surface area contributed by atoms with Crippen molar-refractivity contribution in [2.24, 2.45) is 5.90 Å². The molecule has 0 aliphatic carbocycles. The lowest BCUT2D eigenvalue weighted by Crippen LogP contribution is -2.25. The molecule has 0 spiro atoms. The van der Waals surface area contributed by atoms with E-state index in [1.165, 1.54) is 0 Å². The van der Waals surface area contributed by atoms with Crippen molar-refractivity contribution in [1.82, 2.24) is 0 Å². The summed E-state index contributed by atoms with van der Waals surface area (Å²) >= 11 is 0. The normalized spacial score (nSPS) is 17.1. The van der Waals surface area contributed by atoms with Crippen molar-refractivity contribution in [2.45, 2.75) is 6.42 Å². The Morgan fingerprint density at radius 2 is 2.31 bits per heavy atom. The van der Waals surface area contributed by atoms with Crippen molar-refractivity contribution in [3.63, 3.8) is 0 Å². The van der Waals surface area contributed by atoms with Crippen molar-refractivity contribution in [1.29, 1.82) is 0 Å². The molecular weight excluding hydrogens is 232 g/mol. The first-order valence-electron chi connectivity index (χ1n) is 4.68. The zero-order valence-corrected chi connectivity index (χ0v) is 9.29. The standard InChI is InChI=1S/C9H12N2O4S/c10-15-4-3-7-1-2-9-8(5-7)11-16(12,13)6-14-9/h1-2,5,11H,3-4,6,10H2. The minimum absolute atomic E-state index is 0.342. The molecule has 0 atom stereocenters. The minimum atomic E-state index is -3.36. The van der Waals surface area contributed by atoms with Crippen LogP contribution in [-0.2, 0) is 21.3 Å². The van der Waals surface area contributed by atoms with Gasteiger partial charge in [0.15, 0.2) is 0 Å². The molecule has 0 bridgehead atoms. The third kappa shape index (κ3) is 2.43. The van der Waals surface area contributed by atoms with E-state index >= 15 is 0 Å². The highest BCUT2D eigenvalue weighted by Crippen LogP contribution is 2.30. The maximum Gasteiger partial charge on any atom is 0.268 e. The average Bonchev–Trinajstić information content (AvgIpc) is 2.24. The fraction of sp³-hybridized carbons (Fsp3) is 0.333. The predicted octanol–water partition coefficient (Wildman–Crippen LogP) is 0.211. The zero-order valence-electron chi connectivity index (χ0n) is 8.47. The SMILES string of the molecule is NOCCc1ccc2c(c1)NS(=O)(=O)CO2. The highest BCUT2D eigenvalue weighted by molar-refractivity contribution is 7.92. The molecule has 0 radical (unpaired) electrons. The summed E-state index contributed by atoms with van der Waals surface area (Å²) in [6.45, 7) is 0.381. The number of rotatable bonds is 3. The predicted molar refractivity (Wildman–Crippen MR) is 58.3 cm³/mol. The summed E-state index contributed by atoms with van der Waals surface area (Å²) in [4.78, 5) is 4.46. The molecule has 0 saturated carbocycles. The Kier molecular flexibility index (Phi) is 2.99. The first kappa shape index (κ1) is 11.2. The van der Waals surface area contributed by atoms with E-state index in [1.807, 2.05) is 6.07 Å². The third-order valence-electron chi connectivity index (χ3n) is 2.19. The maximum atomic E-state index is 11.3. The molecule has 0 amide bonds. The molecule has 88 valence electrons. The Hall–Kier alpha value is -1.31. The number of benzene rings is 1. The molecule has 1 aliphatic rings. The molecular formula is C9H12N2O4S. The summed E-state index contributed by atoms with van der Waals surface area (Å²) < 4.78 is 30.0. The van der Waals surface area contributed by atoms with Crippen LogP contribution in [0.1, 0.15) is 5.56 Å². The number of nitrogens with one attached hydrogen (secondary N) is 1.